The van der Waals surface area contributed by atoms with Crippen LogP contribution in [0.5, 0.6) is 0 Å². The molecule has 0 aromatic rings. The van der Waals surface area contributed by atoms with E-state index in [1.54, 1.807) is 0 Å². The van der Waals surface area contributed by atoms with Crippen LogP contribution in [0.25, 0.3) is 0 Å². The third-order valence-electron chi connectivity index (χ3n) is 2.46. The minimum absolute atomic E-state index is 0.329. The van der Waals surface area contributed by atoms with Crippen molar-refractivity contribution >= 4 is 0 Å². The van der Waals surface area contributed by atoms with Crippen molar-refractivity contribution in [3.8, 4) is 0 Å². The van der Waals surface area contributed by atoms with Gasteiger partial charge in [-0.05, 0) is 13.0 Å². The molecule has 0 saturated carbocycles. The molecule has 0 aromatic carbocycles. The van der Waals surface area contributed by atoms with E-state index in [9.17, 15) is 20.4 Å². The molecule has 15 heavy (non-hydrogen) atoms. The van der Waals surface area contributed by atoms with Crippen LogP contribution in [0.2, 0.25) is 0 Å². The number of aliphatic hydroxyl groups excluding tert-OH is 4. The highest BCUT2D eigenvalue weighted by Gasteiger charge is 2.42. The predicted molar refractivity (Wildman–Crippen MR) is 52.1 cm³/mol. The smallest absolute Gasteiger partial charge is 0.184 e. The first-order valence-corrected chi connectivity index (χ1v) is 5.16. The fourth-order valence-electron chi connectivity index (χ4n) is 1.52. The Balaban J connectivity index is 2.43. The van der Waals surface area contributed by atoms with Crippen molar-refractivity contribution in [3.05, 3.63) is 0 Å². The largest absolute Gasteiger partial charge is 0.388 e. The Bertz CT molecular complexity index is 191. The van der Waals surface area contributed by atoms with Crippen LogP contribution < -0.4 is 5.32 Å². The molecule has 1 heterocycles. The molecule has 1 fully saturated rings. The van der Waals surface area contributed by atoms with Crippen molar-refractivity contribution < 1.29 is 25.2 Å². The first-order chi connectivity index (χ1) is 7.07. The zero-order valence-electron chi connectivity index (χ0n) is 8.71. The van der Waals surface area contributed by atoms with Crippen molar-refractivity contribution in [1.29, 1.82) is 0 Å². The maximum atomic E-state index is 9.54. The average molecular weight is 221 g/mol. The van der Waals surface area contributed by atoms with E-state index in [4.69, 9.17) is 4.74 Å². The van der Waals surface area contributed by atoms with E-state index in [0.29, 0.717) is 6.54 Å². The van der Waals surface area contributed by atoms with Gasteiger partial charge in [0.05, 0.1) is 0 Å². The molecule has 0 spiro atoms. The van der Waals surface area contributed by atoms with Gasteiger partial charge in [-0.15, -0.1) is 0 Å². The van der Waals surface area contributed by atoms with Gasteiger partial charge in [-0.1, -0.05) is 6.92 Å². The standard InChI is InChI=1S/C9H19NO5/c1-2-3-10-4-5-6(11)7(12)8(13)9(14)15-5/h5-14H,2-4H2,1H3/t5-,6-,7+,8-,9+/m1/s1. The minimum Gasteiger partial charge on any atom is -0.388 e. The Hall–Kier alpha value is -0.240. The van der Waals surface area contributed by atoms with Gasteiger partial charge in [0.1, 0.15) is 24.4 Å². The SMILES string of the molecule is CCCNC[C@H]1O[C@H](O)[C@H](O)[C@@H](O)[C@@H]1O. The van der Waals surface area contributed by atoms with Crippen LogP contribution in [-0.2, 0) is 4.74 Å². The van der Waals surface area contributed by atoms with Gasteiger partial charge in [0.15, 0.2) is 6.29 Å². The van der Waals surface area contributed by atoms with E-state index in [1.165, 1.54) is 0 Å². The second-order valence-corrected chi connectivity index (χ2v) is 3.74. The summed E-state index contributed by atoms with van der Waals surface area (Å²) >= 11 is 0. The van der Waals surface area contributed by atoms with Crippen LogP contribution in [0, 0.1) is 0 Å². The van der Waals surface area contributed by atoms with Crippen LogP contribution in [0.3, 0.4) is 0 Å². The molecule has 0 radical (unpaired) electrons. The second kappa shape index (κ2) is 5.74. The molecule has 0 aromatic heterocycles. The molecule has 6 nitrogen and oxygen atoms in total. The number of aliphatic hydroxyl groups is 4. The lowest BCUT2D eigenvalue weighted by molar-refractivity contribution is -0.280. The molecule has 0 amide bonds. The lowest BCUT2D eigenvalue weighted by Crippen LogP contribution is -2.59. The van der Waals surface area contributed by atoms with Crippen molar-refractivity contribution in [2.45, 2.75) is 44.1 Å². The summed E-state index contributed by atoms with van der Waals surface area (Å²) in [6.07, 6.45) is -5.23. The van der Waals surface area contributed by atoms with Gasteiger partial charge in [0, 0.05) is 6.54 Å². The number of ether oxygens (including phenoxy) is 1. The summed E-state index contributed by atoms with van der Waals surface area (Å²) in [5.74, 6) is 0. The number of nitrogens with one attached hydrogen (secondary N) is 1. The molecule has 1 aliphatic heterocycles. The Morgan fingerprint density at radius 3 is 2.33 bits per heavy atom. The summed E-state index contributed by atoms with van der Waals surface area (Å²) in [6, 6.07) is 0. The summed E-state index contributed by atoms with van der Waals surface area (Å²) in [6.45, 7) is 3.09. The molecule has 5 N–H and O–H groups in total. The Morgan fingerprint density at radius 1 is 1.07 bits per heavy atom. The number of hydrogen-bond donors (Lipinski definition) is 5. The van der Waals surface area contributed by atoms with Crippen LogP contribution >= 0.6 is 0 Å². The van der Waals surface area contributed by atoms with Gasteiger partial charge in [0.25, 0.3) is 0 Å². The van der Waals surface area contributed by atoms with Crippen molar-refractivity contribution in [2.24, 2.45) is 0 Å². The summed E-state index contributed by atoms with van der Waals surface area (Å²) < 4.78 is 4.96. The van der Waals surface area contributed by atoms with Crippen molar-refractivity contribution in [1.82, 2.24) is 5.32 Å². The van der Waals surface area contributed by atoms with Gasteiger partial charge in [-0.2, -0.15) is 0 Å². The van der Waals surface area contributed by atoms with Crippen LogP contribution in [0.1, 0.15) is 13.3 Å². The molecular weight excluding hydrogens is 202 g/mol. The third-order valence-corrected chi connectivity index (χ3v) is 2.46. The number of hydrogen-bond acceptors (Lipinski definition) is 6. The average Bonchev–Trinajstić information content (AvgIpc) is 2.23. The fourth-order valence-corrected chi connectivity index (χ4v) is 1.52. The van der Waals surface area contributed by atoms with E-state index in [0.717, 1.165) is 13.0 Å². The molecule has 0 unspecified atom stereocenters. The van der Waals surface area contributed by atoms with Crippen LogP contribution in [0.4, 0.5) is 0 Å². The Kier molecular flexibility index (Phi) is 4.91. The Morgan fingerprint density at radius 2 is 1.73 bits per heavy atom. The van der Waals surface area contributed by atoms with E-state index < -0.39 is 30.7 Å². The summed E-state index contributed by atoms with van der Waals surface area (Å²) in [7, 11) is 0. The minimum atomic E-state index is -1.46. The summed E-state index contributed by atoms with van der Waals surface area (Å²) in [5.41, 5.74) is 0. The van der Waals surface area contributed by atoms with Crippen LogP contribution in [0.15, 0.2) is 0 Å². The van der Waals surface area contributed by atoms with E-state index >= 15 is 0 Å². The molecule has 5 atom stereocenters. The summed E-state index contributed by atoms with van der Waals surface area (Å²) in [4.78, 5) is 0. The van der Waals surface area contributed by atoms with Gasteiger partial charge < -0.3 is 30.5 Å². The maximum Gasteiger partial charge on any atom is 0.184 e. The molecule has 90 valence electrons. The zero-order valence-corrected chi connectivity index (χ0v) is 8.71. The van der Waals surface area contributed by atoms with Gasteiger partial charge in [-0.3, -0.25) is 0 Å². The quantitative estimate of drug-likeness (QED) is 0.345. The van der Waals surface area contributed by atoms with E-state index in [2.05, 4.69) is 5.32 Å². The van der Waals surface area contributed by atoms with Crippen LogP contribution in [-0.4, -0.2) is 64.2 Å². The first-order valence-electron chi connectivity index (χ1n) is 5.16. The Labute approximate surface area is 88.5 Å². The van der Waals surface area contributed by atoms with Gasteiger partial charge >= 0.3 is 0 Å². The van der Waals surface area contributed by atoms with Crippen molar-refractivity contribution in [3.63, 3.8) is 0 Å². The molecule has 1 aliphatic rings. The second-order valence-electron chi connectivity index (χ2n) is 3.74. The molecule has 6 heteroatoms. The lowest BCUT2D eigenvalue weighted by atomic mass is 9.99. The normalized spacial score (nSPS) is 41.8. The first kappa shape index (κ1) is 12.8. The zero-order chi connectivity index (χ0) is 11.4. The van der Waals surface area contributed by atoms with E-state index in [-0.39, 0.29) is 0 Å². The fraction of sp³-hybridized carbons (Fsp3) is 1.00. The monoisotopic (exact) mass is 221 g/mol. The highest BCUT2D eigenvalue weighted by Crippen LogP contribution is 2.19. The highest BCUT2D eigenvalue weighted by molar-refractivity contribution is 4.89. The summed E-state index contributed by atoms with van der Waals surface area (Å²) in [5, 5.41) is 40.3. The molecular formula is C9H19NO5. The predicted octanol–water partition coefficient (Wildman–Crippen LogP) is -2.21. The third kappa shape index (κ3) is 3.10. The lowest BCUT2D eigenvalue weighted by Gasteiger charge is -2.38. The van der Waals surface area contributed by atoms with Gasteiger partial charge in [0.2, 0.25) is 0 Å². The maximum absolute atomic E-state index is 9.54. The van der Waals surface area contributed by atoms with E-state index in [1.807, 2.05) is 6.92 Å². The van der Waals surface area contributed by atoms with Gasteiger partial charge in [-0.25, -0.2) is 0 Å². The molecule has 0 bridgehead atoms. The topological polar surface area (TPSA) is 102 Å². The molecule has 1 rings (SSSR count). The molecule has 0 aliphatic carbocycles. The highest BCUT2D eigenvalue weighted by atomic mass is 16.6. The number of rotatable bonds is 4. The molecule has 1 saturated heterocycles. The van der Waals surface area contributed by atoms with Crippen molar-refractivity contribution in [2.75, 3.05) is 13.1 Å².